The molecule has 3 heterocycles. The van der Waals surface area contributed by atoms with Crippen molar-refractivity contribution < 1.29 is 13.9 Å². The van der Waals surface area contributed by atoms with Crippen molar-refractivity contribution in [3.05, 3.63) is 53.2 Å². The van der Waals surface area contributed by atoms with Crippen molar-refractivity contribution in [1.29, 1.82) is 0 Å². The molecule has 1 saturated heterocycles. The molecule has 1 atom stereocenters. The highest BCUT2D eigenvalue weighted by molar-refractivity contribution is 5.53. The van der Waals surface area contributed by atoms with Crippen molar-refractivity contribution >= 4 is 0 Å². The van der Waals surface area contributed by atoms with Crippen molar-refractivity contribution in [3.63, 3.8) is 0 Å². The van der Waals surface area contributed by atoms with Crippen LogP contribution in [0.1, 0.15) is 29.3 Å². The van der Waals surface area contributed by atoms with Crippen LogP contribution in [0.3, 0.4) is 0 Å². The SMILES string of the molecule is COC1(c2nnc(-c3ccc(Cn4nc(C)cc4C)cc3)o2)CCOC1. The van der Waals surface area contributed by atoms with Gasteiger partial charge in [0.25, 0.3) is 5.89 Å². The van der Waals surface area contributed by atoms with Gasteiger partial charge < -0.3 is 13.9 Å². The van der Waals surface area contributed by atoms with E-state index in [0.717, 1.165) is 29.1 Å². The van der Waals surface area contributed by atoms with E-state index in [1.807, 2.05) is 23.7 Å². The van der Waals surface area contributed by atoms with E-state index >= 15 is 0 Å². The van der Waals surface area contributed by atoms with Crippen molar-refractivity contribution in [3.8, 4) is 11.5 Å². The molecule has 26 heavy (non-hydrogen) atoms. The molecule has 136 valence electrons. The fourth-order valence-corrected chi connectivity index (χ4v) is 3.25. The molecule has 1 aliphatic rings. The molecule has 0 N–H and O–H groups in total. The van der Waals surface area contributed by atoms with Gasteiger partial charge in [0.05, 0.1) is 25.5 Å². The topological polar surface area (TPSA) is 75.2 Å². The fourth-order valence-electron chi connectivity index (χ4n) is 3.25. The summed E-state index contributed by atoms with van der Waals surface area (Å²) >= 11 is 0. The second-order valence-electron chi connectivity index (χ2n) is 6.70. The third-order valence-electron chi connectivity index (χ3n) is 4.83. The smallest absolute Gasteiger partial charge is 0.251 e. The first-order valence-electron chi connectivity index (χ1n) is 8.67. The van der Waals surface area contributed by atoms with Crippen LogP contribution in [0.4, 0.5) is 0 Å². The number of aromatic nitrogens is 4. The minimum Gasteiger partial charge on any atom is -0.417 e. The zero-order chi connectivity index (χ0) is 18.1. The molecule has 0 aliphatic carbocycles. The molecule has 2 aromatic heterocycles. The van der Waals surface area contributed by atoms with Gasteiger partial charge in [-0.3, -0.25) is 4.68 Å². The molecule has 7 heteroatoms. The van der Waals surface area contributed by atoms with Crippen molar-refractivity contribution in [2.24, 2.45) is 0 Å². The Morgan fingerprint density at radius 1 is 1.19 bits per heavy atom. The molecule has 1 aromatic carbocycles. The van der Waals surface area contributed by atoms with Gasteiger partial charge in [-0.2, -0.15) is 5.10 Å². The van der Waals surface area contributed by atoms with Crippen LogP contribution in [0.25, 0.3) is 11.5 Å². The minimum absolute atomic E-state index is 0.437. The summed E-state index contributed by atoms with van der Waals surface area (Å²) in [5.41, 5.74) is 3.60. The van der Waals surface area contributed by atoms with E-state index in [-0.39, 0.29) is 0 Å². The van der Waals surface area contributed by atoms with Crippen LogP contribution in [-0.4, -0.2) is 40.3 Å². The highest BCUT2D eigenvalue weighted by atomic mass is 16.6. The van der Waals surface area contributed by atoms with Gasteiger partial charge >= 0.3 is 0 Å². The van der Waals surface area contributed by atoms with Crippen molar-refractivity contribution in [2.45, 2.75) is 32.4 Å². The Morgan fingerprint density at radius 2 is 2.00 bits per heavy atom. The normalized spacial score (nSPS) is 20.0. The number of ether oxygens (including phenoxy) is 2. The molecule has 7 nitrogen and oxygen atoms in total. The van der Waals surface area contributed by atoms with E-state index in [0.29, 0.717) is 31.4 Å². The molecule has 0 bridgehead atoms. The van der Waals surface area contributed by atoms with Gasteiger partial charge in [0.15, 0.2) is 5.60 Å². The molecule has 0 amide bonds. The summed E-state index contributed by atoms with van der Waals surface area (Å²) in [4.78, 5) is 0. The highest BCUT2D eigenvalue weighted by Gasteiger charge is 2.42. The second kappa shape index (κ2) is 6.66. The zero-order valence-corrected chi connectivity index (χ0v) is 15.2. The lowest BCUT2D eigenvalue weighted by Gasteiger charge is -2.20. The summed E-state index contributed by atoms with van der Waals surface area (Å²) in [5, 5.41) is 12.9. The Bertz CT molecular complexity index is 892. The third-order valence-corrected chi connectivity index (χ3v) is 4.83. The summed E-state index contributed by atoms with van der Waals surface area (Å²) in [6, 6.07) is 10.2. The zero-order valence-electron chi connectivity index (χ0n) is 15.2. The van der Waals surface area contributed by atoms with E-state index in [4.69, 9.17) is 13.9 Å². The predicted molar refractivity (Wildman–Crippen MR) is 94.7 cm³/mol. The molecule has 0 radical (unpaired) electrons. The molecule has 0 saturated carbocycles. The summed E-state index contributed by atoms with van der Waals surface area (Å²) in [6.45, 7) is 5.87. The first kappa shape index (κ1) is 16.9. The number of methoxy groups -OCH3 is 1. The lowest BCUT2D eigenvalue weighted by molar-refractivity contribution is -0.0407. The fraction of sp³-hybridized carbons (Fsp3) is 0.421. The molecule has 1 unspecified atom stereocenters. The second-order valence-corrected chi connectivity index (χ2v) is 6.70. The summed E-state index contributed by atoms with van der Waals surface area (Å²) in [6.07, 6.45) is 0.715. The van der Waals surface area contributed by atoms with Crippen LogP contribution in [0.2, 0.25) is 0 Å². The van der Waals surface area contributed by atoms with Crippen LogP contribution in [0, 0.1) is 13.8 Å². The Morgan fingerprint density at radius 3 is 2.62 bits per heavy atom. The van der Waals surface area contributed by atoms with E-state index in [1.54, 1.807) is 7.11 Å². The molecule has 1 aliphatic heterocycles. The molecule has 1 fully saturated rings. The highest BCUT2D eigenvalue weighted by Crippen LogP contribution is 2.34. The van der Waals surface area contributed by atoms with Gasteiger partial charge in [0.1, 0.15) is 0 Å². The van der Waals surface area contributed by atoms with E-state index in [1.165, 1.54) is 0 Å². The van der Waals surface area contributed by atoms with Crippen LogP contribution in [0.5, 0.6) is 0 Å². The van der Waals surface area contributed by atoms with E-state index in [9.17, 15) is 0 Å². The quantitative estimate of drug-likeness (QED) is 0.701. The van der Waals surface area contributed by atoms with Crippen LogP contribution in [-0.2, 0) is 21.6 Å². The van der Waals surface area contributed by atoms with Crippen molar-refractivity contribution in [2.75, 3.05) is 20.3 Å². The molecular weight excluding hydrogens is 332 g/mol. The van der Waals surface area contributed by atoms with Crippen LogP contribution >= 0.6 is 0 Å². The Hall–Kier alpha value is -2.51. The lowest BCUT2D eigenvalue weighted by atomic mass is 10.0. The Balaban J connectivity index is 1.53. The Kier molecular flexibility index (Phi) is 4.34. The first-order valence-corrected chi connectivity index (χ1v) is 8.67. The summed E-state index contributed by atoms with van der Waals surface area (Å²) in [5.74, 6) is 0.959. The number of hydrogen-bond acceptors (Lipinski definition) is 6. The van der Waals surface area contributed by atoms with Gasteiger partial charge in [-0.05, 0) is 37.6 Å². The first-order chi connectivity index (χ1) is 12.6. The van der Waals surface area contributed by atoms with Gasteiger partial charge in [-0.25, -0.2) is 0 Å². The average molecular weight is 354 g/mol. The number of hydrogen-bond donors (Lipinski definition) is 0. The van der Waals surface area contributed by atoms with Gasteiger partial charge in [0.2, 0.25) is 5.89 Å². The maximum Gasteiger partial charge on any atom is 0.251 e. The van der Waals surface area contributed by atoms with E-state index < -0.39 is 5.60 Å². The average Bonchev–Trinajstić information content (AvgIpc) is 3.37. The molecule has 3 aromatic rings. The molecule has 0 spiro atoms. The maximum atomic E-state index is 5.88. The molecular formula is C19H22N4O3. The van der Waals surface area contributed by atoms with E-state index in [2.05, 4.69) is 40.4 Å². The summed E-state index contributed by atoms with van der Waals surface area (Å²) < 4.78 is 18.9. The minimum atomic E-state index is -0.624. The lowest BCUT2D eigenvalue weighted by Crippen LogP contribution is -2.29. The number of rotatable bonds is 5. The standard InChI is InChI=1S/C19H22N4O3/c1-13-10-14(2)23(22-13)11-15-4-6-16(7-5-15)17-20-21-18(26-17)19(24-3)8-9-25-12-19/h4-7,10H,8-9,11-12H2,1-3H3. The third kappa shape index (κ3) is 3.04. The molecule has 4 rings (SSSR count). The Labute approximate surface area is 151 Å². The van der Waals surface area contributed by atoms with Crippen LogP contribution < -0.4 is 0 Å². The van der Waals surface area contributed by atoms with Crippen molar-refractivity contribution in [1.82, 2.24) is 20.0 Å². The predicted octanol–water partition coefficient (Wildman–Crippen LogP) is 2.86. The van der Waals surface area contributed by atoms with Gasteiger partial charge in [-0.15, -0.1) is 10.2 Å². The van der Waals surface area contributed by atoms with Gasteiger partial charge in [0, 0.05) is 24.8 Å². The number of aryl methyl sites for hydroxylation is 2. The monoisotopic (exact) mass is 354 g/mol. The summed E-state index contributed by atoms with van der Waals surface area (Å²) in [7, 11) is 1.65. The number of benzene rings is 1. The number of nitrogens with zero attached hydrogens (tertiary/aromatic N) is 4. The largest absolute Gasteiger partial charge is 0.417 e. The van der Waals surface area contributed by atoms with Crippen LogP contribution in [0.15, 0.2) is 34.7 Å². The van der Waals surface area contributed by atoms with Gasteiger partial charge in [-0.1, -0.05) is 12.1 Å². The maximum absolute atomic E-state index is 5.88.